The predicted molar refractivity (Wildman–Crippen MR) is 123 cm³/mol. The van der Waals surface area contributed by atoms with Crippen molar-refractivity contribution in [1.82, 2.24) is 10.2 Å². The number of nitrogens with one attached hydrogen (secondary N) is 1. The summed E-state index contributed by atoms with van der Waals surface area (Å²) in [6.45, 7) is 6.31. The SMILES string of the molecule is CC[C@H](C(=O)N[C@@H](C)CC)N(Cc1cccc(OC)c1)C(=O)CSc1ccccc1. The second-order valence-corrected chi connectivity index (χ2v) is 8.27. The summed E-state index contributed by atoms with van der Waals surface area (Å²) in [6, 6.07) is 17.0. The van der Waals surface area contributed by atoms with Gasteiger partial charge in [0.1, 0.15) is 11.8 Å². The average molecular weight is 429 g/mol. The number of thioether (sulfide) groups is 1. The molecule has 0 spiro atoms. The summed E-state index contributed by atoms with van der Waals surface area (Å²) < 4.78 is 5.32. The lowest BCUT2D eigenvalue weighted by atomic mass is 10.1. The maximum Gasteiger partial charge on any atom is 0.243 e. The van der Waals surface area contributed by atoms with Gasteiger partial charge in [0.05, 0.1) is 12.9 Å². The Morgan fingerprint density at radius 3 is 2.43 bits per heavy atom. The van der Waals surface area contributed by atoms with Gasteiger partial charge in [-0.2, -0.15) is 0 Å². The van der Waals surface area contributed by atoms with E-state index < -0.39 is 6.04 Å². The van der Waals surface area contributed by atoms with Crippen LogP contribution < -0.4 is 10.1 Å². The highest BCUT2D eigenvalue weighted by atomic mass is 32.2. The molecule has 30 heavy (non-hydrogen) atoms. The van der Waals surface area contributed by atoms with Crippen molar-refractivity contribution in [2.24, 2.45) is 0 Å². The number of nitrogens with zero attached hydrogens (tertiary/aromatic N) is 1. The number of carbonyl (C=O) groups is 2. The van der Waals surface area contributed by atoms with E-state index in [1.165, 1.54) is 11.8 Å². The molecule has 0 radical (unpaired) electrons. The Morgan fingerprint density at radius 1 is 1.07 bits per heavy atom. The zero-order chi connectivity index (χ0) is 21.9. The molecule has 0 saturated heterocycles. The Hall–Kier alpha value is -2.47. The molecule has 0 bridgehead atoms. The Balaban J connectivity index is 2.22. The first-order valence-corrected chi connectivity index (χ1v) is 11.4. The molecular formula is C24H32N2O3S. The van der Waals surface area contributed by atoms with E-state index in [1.807, 2.05) is 75.4 Å². The van der Waals surface area contributed by atoms with Crippen LogP contribution in [0.3, 0.4) is 0 Å². The van der Waals surface area contributed by atoms with E-state index in [1.54, 1.807) is 12.0 Å². The minimum Gasteiger partial charge on any atom is -0.497 e. The van der Waals surface area contributed by atoms with E-state index >= 15 is 0 Å². The molecule has 162 valence electrons. The number of hydrogen-bond donors (Lipinski definition) is 1. The highest BCUT2D eigenvalue weighted by Gasteiger charge is 2.29. The van der Waals surface area contributed by atoms with Crippen molar-refractivity contribution in [1.29, 1.82) is 0 Å². The molecule has 5 nitrogen and oxygen atoms in total. The lowest BCUT2D eigenvalue weighted by molar-refractivity contribution is -0.139. The van der Waals surface area contributed by atoms with Crippen LogP contribution in [0.25, 0.3) is 0 Å². The van der Waals surface area contributed by atoms with Gasteiger partial charge < -0.3 is 15.0 Å². The van der Waals surface area contributed by atoms with Crippen molar-refractivity contribution in [3.05, 3.63) is 60.2 Å². The molecule has 2 rings (SSSR count). The van der Waals surface area contributed by atoms with Gasteiger partial charge >= 0.3 is 0 Å². The summed E-state index contributed by atoms with van der Waals surface area (Å²) in [6.07, 6.45) is 1.39. The normalized spacial score (nSPS) is 12.7. The molecule has 0 aliphatic carbocycles. The minimum absolute atomic E-state index is 0.0576. The Bertz CT molecular complexity index is 813. The molecule has 6 heteroatoms. The van der Waals surface area contributed by atoms with Gasteiger partial charge in [-0.15, -0.1) is 11.8 Å². The van der Waals surface area contributed by atoms with Crippen LogP contribution in [0.5, 0.6) is 5.75 Å². The van der Waals surface area contributed by atoms with Gasteiger partial charge in [0, 0.05) is 17.5 Å². The topological polar surface area (TPSA) is 58.6 Å². The third kappa shape index (κ3) is 7.10. The largest absolute Gasteiger partial charge is 0.497 e. The molecule has 0 aliphatic heterocycles. The van der Waals surface area contributed by atoms with Crippen LogP contribution in [0.4, 0.5) is 0 Å². The van der Waals surface area contributed by atoms with E-state index in [9.17, 15) is 9.59 Å². The first-order chi connectivity index (χ1) is 14.5. The van der Waals surface area contributed by atoms with Crippen LogP contribution in [0.2, 0.25) is 0 Å². The molecule has 0 heterocycles. The van der Waals surface area contributed by atoms with Gasteiger partial charge in [-0.25, -0.2) is 0 Å². The van der Waals surface area contributed by atoms with E-state index in [2.05, 4.69) is 5.32 Å². The predicted octanol–water partition coefficient (Wildman–Crippen LogP) is 4.51. The Labute approximate surface area is 184 Å². The zero-order valence-electron chi connectivity index (χ0n) is 18.3. The maximum atomic E-state index is 13.2. The zero-order valence-corrected chi connectivity index (χ0v) is 19.1. The smallest absolute Gasteiger partial charge is 0.243 e. The second kappa shape index (κ2) is 12.3. The van der Waals surface area contributed by atoms with Crippen molar-refractivity contribution >= 4 is 23.6 Å². The maximum absolute atomic E-state index is 13.2. The van der Waals surface area contributed by atoms with E-state index in [4.69, 9.17) is 4.74 Å². The minimum atomic E-state index is -0.519. The van der Waals surface area contributed by atoms with E-state index in [-0.39, 0.29) is 23.6 Å². The van der Waals surface area contributed by atoms with Gasteiger partial charge in [0.15, 0.2) is 0 Å². The van der Waals surface area contributed by atoms with Gasteiger partial charge in [-0.1, -0.05) is 44.2 Å². The van der Waals surface area contributed by atoms with Crippen LogP contribution in [-0.2, 0) is 16.1 Å². The Kier molecular flexibility index (Phi) is 9.74. The molecule has 2 aromatic carbocycles. The summed E-state index contributed by atoms with van der Waals surface area (Å²) in [5, 5.41) is 3.03. The van der Waals surface area contributed by atoms with Gasteiger partial charge in [-0.05, 0) is 49.6 Å². The molecule has 2 atom stereocenters. The van der Waals surface area contributed by atoms with Crippen molar-refractivity contribution in [2.75, 3.05) is 12.9 Å². The van der Waals surface area contributed by atoms with Gasteiger partial charge in [0.2, 0.25) is 11.8 Å². The summed E-state index contributed by atoms with van der Waals surface area (Å²) >= 11 is 1.49. The summed E-state index contributed by atoms with van der Waals surface area (Å²) in [5.41, 5.74) is 0.933. The molecule has 2 amide bonds. The molecule has 0 unspecified atom stereocenters. The van der Waals surface area contributed by atoms with Crippen molar-refractivity contribution in [2.45, 2.75) is 57.1 Å². The fourth-order valence-electron chi connectivity index (χ4n) is 3.07. The number of ether oxygens (including phenoxy) is 1. The monoisotopic (exact) mass is 428 g/mol. The van der Waals surface area contributed by atoms with E-state index in [0.29, 0.717) is 13.0 Å². The van der Waals surface area contributed by atoms with Crippen molar-refractivity contribution < 1.29 is 14.3 Å². The van der Waals surface area contributed by atoms with Gasteiger partial charge in [-0.3, -0.25) is 9.59 Å². The van der Waals surface area contributed by atoms with Crippen molar-refractivity contribution in [3.8, 4) is 5.75 Å². The van der Waals surface area contributed by atoms with Crippen LogP contribution in [0.15, 0.2) is 59.5 Å². The fraction of sp³-hybridized carbons (Fsp3) is 0.417. The van der Waals surface area contributed by atoms with Gasteiger partial charge in [0.25, 0.3) is 0 Å². The fourth-order valence-corrected chi connectivity index (χ4v) is 3.88. The number of benzene rings is 2. The number of carbonyl (C=O) groups excluding carboxylic acids is 2. The molecule has 0 fully saturated rings. The van der Waals surface area contributed by atoms with Crippen LogP contribution in [-0.4, -0.2) is 41.7 Å². The molecule has 0 aliphatic rings. The second-order valence-electron chi connectivity index (χ2n) is 7.22. The third-order valence-corrected chi connectivity index (χ3v) is 5.98. The highest BCUT2D eigenvalue weighted by Crippen LogP contribution is 2.21. The lowest BCUT2D eigenvalue weighted by Crippen LogP contribution is -2.51. The quantitative estimate of drug-likeness (QED) is 0.535. The summed E-state index contributed by atoms with van der Waals surface area (Å²) in [7, 11) is 1.62. The molecule has 1 N–H and O–H groups in total. The molecule has 2 aromatic rings. The number of rotatable bonds is 11. The first-order valence-electron chi connectivity index (χ1n) is 10.4. The van der Waals surface area contributed by atoms with Crippen LogP contribution >= 0.6 is 11.8 Å². The summed E-state index contributed by atoms with van der Waals surface area (Å²) in [4.78, 5) is 28.9. The van der Waals surface area contributed by atoms with E-state index in [0.717, 1.165) is 22.6 Å². The number of methoxy groups -OCH3 is 1. The standard InChI is InChI=1S/C24H32N2O3S/c1-5-18(3)25-24(28)22(6-2)26(16-19-11-10-12-20(15-19)29-4)23(27)17-30-21-13-8-7-9-14-21/h7-15,18,22H,5-6,16-17H2,1-4H3,(H,25,28)/t18-,22+/m0/s1. The van der Waals surface area contributed by atoms with Crippen LogP contribution in [0.1, 0.15) is 39.2 Å². The highest BCUT2D eigenvalue weighted by molar-refractivity contribution is 8.00. The number of amides is 2. The van der Waals surface area contributed by atoms with Crippen LogP contribution in [0, 0.1) is 0 Å². The average Bonchev–Trinajstić information content (AvgIpc) is 2.78. The molecule has 0 saturated carbocycles. The molecule has 0 aromatic heterocycles. The van der Waals surface area contributed by atoms with Crippen molar-refractivity contribution in [3.63, 3.8) is 0 Å². The third-order valence-electron chi connectivity index (χ3n) is 4.98. The molecular weight excluding hydrogens is 396 g/mol. The first kappa shape index (κ1) is 23.8. The number of hydrogen-bond acceptors (Lipinski definition) is 4. The Morgan fingerprint density at radius 2 is 1.80 bits per heavy atom. The lowest BCUT2D eigenvalue weighted by Gasteiger charge is -2.31. The summed E-state index contributed by atoms with van der Waals surface area (Å²) in [5.74, 6) is 0.850.